The molecule has 2 aliphatic carbocycles. The highest BCUT2D eigenvalue weighted by molar-refractivity contribution is 6.00. The van der Waals surface area contributed by atoms with Gasteiger partial charge >= 0.3 is 0 Å². The van der Waals surface area contributed by atoms with Crippen LogP contribution < -0.4 is 10.5 Å². The lowest BCUT2D eigenvalue weighted by atomic mass is 10.1. The number of methoxy groups -OCH3 is 1. The number of ether oxygens (including phenoxy) is 1. The number of fused-ring (bicyclic) bond motifs is 4. The summed E-state index contributed by atoms with van der Waals surface area (Å²) >= 11 is 0. The maximum atomic E-state index is 13.7. The van der Waals surface area contributed by atoms with Crippen molar-refractivity contribution in [3.05, 3.63) is 47.3 Å². The fourth-order valence-electron chi connectivity index (χ4n) is 7.31. The number of carbonyl (C=O) groups excluding carboxylic acids is 1. The summed E-state index contributed by atoms with van der Waals surface area (Å²) in [4.78, 5) is 25.9. The Morgan fingerprint density at radius 3 is 2.62 bits per heavy atom. The minimum Gasteiger partial charge on any atom is -0.494 e. The lowest BCUT2D eigenvalue weighted by Gasteiger charge is -2.27. The number of carbonyl (C=O) groups is 1. The van der Waals surface area contributed by atoms with Crippen molar-refractivity contribution in [1.82, 2.24) is 29.2 Å². The Balaban J connectivity index is 1.25. The fraction of sp³-hybridized carbons (Fsp3) is 0.438. The number of nitrogens with two attached hydrogens (primary N) is 1. The largest absolute Gasteiger partial charge is 0.494 e. The number of rotatable bonds is 6. The van der Waals surface area contributed by atoms with E-state index >= 15 is 0 Å². The SMILES string of the molecule is COc1cc(C(=O)N2CC3CCC2[C@@H]3N)cc2nc(-c3cc4ccc(-c5c(C)noc5C)nc4n3CC3CC3)n(C)c12. The third-order valence-corrected chi connectivity index (χ3v) is 9.72. The highest BCUT2D eigenvalue weighted by Gasteiger charge is 2.47. The molecule has 1 amide bonds. The number of hydrogen-bond acceptors (Lipinski definition) is 7. The molecule has 2 N–H and O–H groups in total. The number of aryl methyl sites for hydroxylation is 3. The smallest absolute Gasteiger partial charge is 0.254 e. The maximum absolute atomic E-state index is 13.7. The minimum absolute atomic E-state index is 0.00366. The molecule has 0 spiro atoms. The number of benzene rings is 1. The van der Waals surface area contributed by atoms with Gasteiger partial charge in [-0.05, 0) is 81.7 Å². The summed E-state index contributed by atoms with van der Waals surface area (Å²) in [6.07, 6.45) is 4.51. The molecule has 3 atom stereocenters. The molecule has 1 saturated heterocycles. The van der Waals surface area contributed by atoms with Crippen LogP contribution in [0.4, 0.5) is 0 Å². The first-order valence-electron chi connectivity index (χ1n) is 14.9. The van der Waals surface area contributed by atoms with Gasteiger partial charge in [0.05, 0.1) is 35.3 Å². The van der Waals surface area contributed by atoms with Crippen molar-refractivity contribution >= 4 is 28.0 Å². The lowest BCUT2D eigenvalue weighted by molar-refractivity contribution is 0.0700. The van der Waals surface area contributed by atoms with Crippen molar-refractivity contribution < 1.29 is 14.1 Å². The van der Waals surface area contributed by atoms with Crippen molar-refractivity contribution in [3.8, 4) is 28.5 Å². The molecule has 8 rings (SSSR count). The minimum atomic E-state index is 0.00366. The molecule has 10 nitrogen and oxygen atoms in total. The van der Waals surface area contributed by atoms with Crippen molar-refractivity contribution in [2.75, 3.05) is 13.7 Å². The first kappa shape index (κ1) is 25.5. The lowest BCUT2D eigenvalue weighted by Crippen LogP contribution is -2.41. The van der Waals surface area contributed by atoms with E-state index in [9.17, 15) is 4.79 Å². The summed E-state index contributed by atoms with van der Waals surface area (Å²) in [6.45, 7) is 5.46. The molecule has 216 valence electrons. The quantitative estimate of drug-likeness (QED) is 0.313. The number of pyridine rings is 1. The molecule has 42 heavy (non-hydrogen) atoms. The molecule has 0 radical (unpaired) electrons. The molecular weight excluding hydrogens is 530 g/mol. The van der Waals surface area contributed by atoms with E-state index in [1.54, 1.807) is 7.11 Å². The van der Waals surface area contributed by atoms with Gasteiger partial charge in [-0.1, -0.05) is 5.16 Å². The zero-order valence-corrected chi connectivity index (χ0v) is 24.4. The van der Waals surface area contributed by atoms with Gasteiger partial charge in [0.2, 0.25) is 0 Å². The second kappa shape index (κ2) is 9.16. The van der Waals surface area contributed by atoms with E-state index in [0.29, 0.717) is 23.1 Å². The number of imidazole rings is 1. The zero-order valence-electron chi connectivity index (χ0n) is 24.4. The van der Waals surface area contributed by atoms with Crippen LogP contribution in [0.3, 0.4) is 0 Å². The van der Waals surface area contributed by atoms with Gasteiger partial charge < -0.3 is 29.0 Å². The van der Waals surface area contributed by atoms with Crippen LogP contribution in [0.15, 0.2) is 34.9 Å². The maximum Gasteiger partial charge on any atom is 0.254 e. The van der Waals surface area contributed by atoms with Gasteiger partial charge in [-0.2, -0.15) is 0 Å². The number of amides is 1. The van der Waals surface area contributed by atoms with Crippen molar-refractivity contribution in [2.24, 2.45) is 24.6 Å². The summed E-state index contributed by atoms with van der Waals surface area (Å²) in [6, 6.07) is 10.3. The molecule has 2 unspecified atom stereocenters. The van der Waals surface area contributed by atoms with E-state index in [-0.39, 0.29) is 18.0 Å². The van der Waals surface area contributed by atoms with Crippen LogP contribution in [0.25, 0.3) is 44.8 Å². The van der Waals surface area contributed by atoms with Gasteiger partial charge in [0.1, 0.15) is 22.7 Å². The second-order valence-corrected chi connectivity index (χ2v) is 12.4. The van der Waals surface area contributed by atoms with Crippen LogP contribution in [0.2, 0.25) is 0 Å². The highest BCUT2D eigenvalue weighted by Crippen LogP contribution is 2.40. The topological polar surface area (TPSA) is 117 Å². The van der Waals surface area contributed by atoms with E-state index in [2.05, 4.69) is 26.4 Å². The van der Waals surface area contributed by atoms with Crippen molar-refractivity contribution in [1.29, 1.82) is 0 Å². The summed E-state index contributed by atoms with van der Waals surface area (Å²) < 4.78 is 15.7. The molecular formula is C32H35N7O3. The number of nitrogens with zero attached hydrogens (tertiary/aromatic N) is 6. The average molecular weight is 566 g/mol. The van der Waals surface area contributed by atoms with Crippen LogP contribution in [-0.2, 0) is 13.6 Å². The molecule has 1 aromatic carbocycles. The number of hydrogen-bond donors (Lipinski definition) is 1. The Labute approximate surface area is 243 Å². The summed E-state index contributed by atoms with van der Waals surface area (Å²) in [5, 5.41) is 5.19. The number of likely N-dealkylation sites (tertiary alicyclic amines) is 1. The molecule has 1 aliphatic heterocycles. The molecule has 3 aliphatic rings. The Morgan fingerprint density at radius 2 is 1.95 bits per heavy atom. The molecule has 5 heterocycles. The predicted molar refractivity (Wildman–Crippen MR) is 159 cm³/mol. The summed E-state index contributed by atoms with van der Waals surface area (Å²) in [5.74, 6) is 3.23. The van der Waals surface area contributed by atoms with Gasteiger partial charge in [-0.3, -0.25) is 4.79 Å². The fourth-order valence-corrected chi connectivity index (χ4v) is 7.31. The summed E-state index contributed by atoms with van der Waals surface area (Å²) in [7, 11) is 3.66. The third-order valence-electron chi connectivity index (χ3n) is 9.72. The molecule has 2 bridgehead atoms. The van der Waals surface area contributed by atoms with E-state index < -0.39 is 0 Å². The molecule has 4 aromatic heterocycles. The van der Waals surface area contributed by atoms with Crippen LogP contribution in [0.5, 0.6) is 5.75 Å². The molecule has 2 saturated carbocycles. The Hall–Kier alpha value is -4.18. The summed E-state index contributed by atoms with van der Waals surface area (Å²) in [5.41, 5.74) is 13.1. The van der Waals surface area contributed by atoms with Crippen LogP contribution in [-0.4, -0.2) is 60.8 Å². The normalized spacial score (nSPS) is 21.7. The van der Waals surface area contributed by atoms with E-state index in [0.717, 1.165) is 82.2 Å². The van der Waals surface area contributed by atoms with E-state index in [1.165, 1.54) is 12.8 Å². The first-order valence-corrected chi connectivity index (χ1v) is 14.9. The predicted octanol–water partition coefficient (Wildman–Crippen LogP) is 4.84. The number of piperidine rings is 1. The standard InChI is InChI=1S/C32H35N7O3/c1-16-27(17(2)42-36-16)22-9-7-19-12-25(38(30(19)34-22)14-18-5-6-18)31-35-23-11-21(13-26(41-4)29(23)37(31)3)32(40)39-15-20-8-10-24(39)28(20)33/h7,9,11-13,18,20,24,28H,5-6,8,10,14-15,33H2,1-4H3/t20?,24?,28-/m1/s1. The van der Waals surface area contributed by atoms with Gasteiger partial charge in [-0.15, -0.1) is 0 Å². The zero-order chi connectivity index (χ0) is 28.9. The van der Waals surface area contributed by atoms with Gasteiger partial charge in [0.25, 0.3) is 5.91 Å². The monoisotopic (exact) mass is 565 g/mol. The van der Waals surface area contributed by atoms with E-state index in [1.807, 2.05) is 44.0 Å². The third kappa shape index (κ3) is 3.74. The van der Waals surface area contributed by atoms with Gasteiger partial charge in [0.15, 0.2) is 5.82 Å². The molecule has 5 aromatic rings. The first-order chi connectivity index (χ1) is 20.3. The van der Waals surface area contributed by atoms with Crippen LogP contribution in [0.1, 0.15) is 47.5 Å². The van der Waals surface area contributed by atoms with Crippen molar-refractivity contribution in [3.63, 3.8) is 0 Å². The Morgan fingerprint density at radius 1 is 1.12 bits per heavy atom. The van der Waals surface area contributed by atoms with Crippen molar-refractivity contribution in [2.45, 2.75) is 58.2 Å². The number of aromatic nitrogens is 5. The van der Waals surface area contributed by atoms with Crippen LogP contribution >= 0.6 is 0 Å². The Kier molecular flexibility index (Phi) is 5.57. The molecule has 3 fully saturated rings. The Bertz CT molecular complexity index is 1880. The average Bonchev–Trinajstić information content (AvgIpc) is 3.17. The molecule has 10 heteroatoms. The van der Waals surface area contributed by atoms with Crippen LogP contribution in [0, 0.1) is 25.7 Å². The van der Waals surface area contributed by atoms with E-state index in [4.69, 9.17) is 25.0 Å². The van der Waals surface area contributed by atoms with Gasteiger partial charge in [0, 0.05) is 43.2 Å². The second-order valence-electron chi connectivity index (χ2n) is 12.4. The highest BCUT2D eigenvalue weighted by atomic mass is 16.5. The van der Waals surface area contributed by atoms with Gasteiger partial charge in [-0.25, -0.2) is 9.97 Å².